The minimum absolute atomic E-state index is 0.0375. The van der Waals surface area contributed by atoms with Crippen LogP contribution in [0.4, 0.5) is 0 Å². The average Bonchev–Trinajstić information content (AvgIpc) is 2.20. The monoisotopic (exact) mass is 237 g/mol. The summed E-state index contributed by atoms with van der Waals surface area (Å²) in [6.07, 6.45) is 2.72. The van der Waals surface area contributed by atoms with Gasteiger partial charge in [0.25, 0.3) is 0 Å². The number of aliphatic imine (C=N–C) groups is 1. The van der Waals surface area contributed by atoms with Crippen LogP contribution in [-0.2, 0) is 4.79 Å². The summed E-state index contributed by atoms with van der Waals surface area (Å²) in [5.74, 6) is 0.262. The van der Waals surface area contributed by atoms with Crippen LogP contribution in [-0.4, -0.2) is 23.1 Å². The standard InChI is InChI=1S/C14H23NO2/c1-5-7-15-10(6-2)13-11(16)8-14(3,4)9-12(13)17/h16H,5-9H2,1-4H3. The van der Waals surface area contributed by atoms with Gasteiger partial charge in [-0.25, -0.2) is 0 Å². The molecule has 1 rings (SSSR count). The maximum atomic E-state index is 12.1. The Morgan fingerprint density at radius 2 is 2.00 bits per heavy atom. The first-order chi connectivity index (χ1) is 7.91. The number of carbonyl (C=O) groups is 1. The Kier molecular flexibility index (Phi) is 4.49. The van der Waals surface area contributed by atoms with Crippen LogP contribution in [0.3, 0.4) is 0 Å². The molecule has 1 aliphatic carbocycles. The van der Waals surface area contributed by atoms with E-state index >= 15 is 0 Å². The molecule has 0 fully saturated rings. The summed E-state index contributed by atoms with van der Waals surface area (Å²) in [5.41, 5.74) is 1.12. The lowest BCUT2D eigenvalue weighted by Crippen LogP contribution is -2.29. The number of hydrogen-bond acceptors (Lipinski definition) is 3. The summed E-state index contributed by atoms with van der Waals surface area (Å²) in [6, 6.07) is 0. The van der Waals surface area contributed by atoms with Gasteiger partial charge in [-0.05, 0) is 18.3 Å². The Morgan fingerprint density at radius 1 is 1.35 bits per heavy atom. The molecule has 0 aliphatic heterocycles. The fourth-order valence-electron chi connectivity index (χ4n) is 2.23. The van der Waals surface area contributed by atoms with Gasteiger partial charge in [-0.3, -0.25) is 9.79 Å². The Morgan fingerprint density at radius 3 is 2.47 bits per heavy atom. The molecule has 0 saturated carbocycles. The number of aliphatic hydroxyl groups excluding tert-OH is 1. The molecule has 0 unspecified atom stereocenters. The molecule has 17 heavy (non-hydrogen) atoms. The van der Waals surface area contributed by atoms with E-state index in [-0.39, 0.29) is 17.0 Å². The lowest BCUT2D eigenvalue weighted by Gasteiger charge is -2.29. The van der Waals surface area contributed by atoms with E-state index in [1.807, 2.05) is 20.8 Å². The van der Waals surface area contributed by atoms with E-state index in [0.29, 0.717) is 24.8 Å². The maximum absolute atomic E-state index is 12.1. The molecule has 0 aromatic carbocycles. The predicted molar refractivity (Wildman–Crippen MR) is 70.6 cm³/mol. The molecule has 1 aliphatic rings. The van der Waals surface area contributed by atoms with Crippen molar-refractivity contribution in [3.8, 4) is 0 Å². The SMILES string of the molecule is CCCN=C(CC)C1=C(O)CC(C)(C)CC1=O. The van der Waals surface area contributed by atoms with E-state index in [1.54, 1.807) is 0 Å². The van der Waals surface area contributed by atoms with Gasteiger partial charge >= 0.3 is 0 Å². The number of hydrogen-bond donors (Lipinski definition) is 1. The normalized spacial score (nSPS) is 20.9. The number of aliphatic hydroxyl groups is 1. The summed E-state index contributed by atoms with van der Waals surface area (Å²) >= 11 is 0. The second kappa shape index (κ2) is 5.48. The van der Waals surface area contributed by atoms with E-state index in [0.717, 1.165) is 18.7 Å². The van der Waals surface area contributed by atoms with E-state index in [1.165, 1.54) is 0 Å². The van der Waals surface area contributed by atoms with Crippen molar-refractivity contribution >= 4 is 11.5 Å². The van der Waals surface area contributed by atoms with E-state index in [9.17, 15) is 9.90 Å². The number of ketones is 1. The quantitative estimate of drug-likeness (QED) is 0.761. The van der Waals surface area contributed by atoms with Gasteiger partial charge in [0, 0.05) is 25.1 Å². The van der Waals surface area contributed by atoms with Gasteiger partial charge in [-0.2, -0.15) is 0 Å². The molecule has 0 bridgehead atoms. The smallest absolute Gasteiger partial charge is 0.168 e. The van der Waals surface area contributed by atoms with Crippen LogP contribution >= 0.6 is 0 Å². The number of rotatable bonds is 4. The van der Waals surface area contributed by atoms with Crippen molar-refractivity contribution in [3.05, 3.63) is 11.3 Å². The molecule has 96 valence electrons. The van der Waals surface area contributed by atoms with Gasteiger partial charge in [0.15, 0.2) is 5.78 Å². The molecular weight excluding hydrogens is 214 g/mol. The summed E-state index contributed by atoms with van der Waals surface area (Å²) < 4.78 is 0. The van der Waals surface area contributed by atoms with Crippen LogP contribution < -0.4 is 0 Å². The Hall–Kier alpha value is -1.12. The summed E-state index contributed by atoms with van der Waals surface area (Å²) in [6.45, 7) is 8.76. The second-order valence-electron chi connectivity index (χ2n) is 5.44. The van der Waals surface area contributed by atoms with Crippen molar-refractivity contribution in [2.75, 3.05) is 6.54 Å². The third-order valence-corrected chi connectivity index (χ3v) is 3.00. The topological polar surface area (TPSA) is 49.7 Å². The van der Waals surface area contributed by atoms with Crippen molar-refractivity contribution in [3.63, 3.8) is 0 Å². The number of allylic oxidation sites excluding steroid dienone is 2. The van der Waals surface area contributed by atoms with Crippen LogP contribution in [0, 0.1) is 5.41 Å². The Bertz CT molecular complexity index is 364. The van der Waals surface area contributed by atoms with Crippen molar-refractivity contribution in [2.24, 2.45) is 10.4 Å². The zero-order valence-corrected chi connectivity index (χ0v) is 11.3. The molecular formula is C14H23NO2. The lowest BCUT2D eigenvalue weighted by molar-refractivity contribution is -0.117. The molecule has 1 N–H and O–H groups in total. The number of carbonyl (C=O) groups excluding carboxylic acids is 1. The Labute approximate surface area is 104 Å². The minimum atomic E-state index is -0.131. The van der Waals surface area contributed by atoms with Crippen molar-refractivity contribution in [1.82, 2.24) is 0 Å². The third kappa shape index (κ3) is 3.42. The second-order valence-corrected chi connectivity index (χ2v) is 5.44. The van der Waals surface area contributed by atoms with E-state index < -0.39 is 0 Å². The van der Waals surface area contributed by atoms with E-state index in [2.05, 4.69) is 11.9 Å². The van der Waals surface area contributed by atoms with Crippen molar-refractivity contribution in [1.29, 1.82) is 0 Å². The van der Waals surface area contributed by atoms with Gasteiger partial charge in [0.05, 0.1) is 5.57 Å². The lowest BCUT2D eigenvalue weighted by atomic mass is 9.75. The summed E-state index contributed by atoms with van der Waals surface area (Å²) in [7, 11) is 0. The number of nitrogens with zero attached hydrogens (tertiary/aromatic N) is 1. The first-order valence-electron chi connectivity index (χ1n) is 6.40. The first kappa shape index (κ1) is 13.9. The summed E-state index contributed by atoms with van der Waals surface area (Å²) in [5, 5.41) is 10.1. The molecule has 0 heterocycles. The molecule has 0 atom stereocenters. The van der Waals surface area contributed by atoms with Crippen LogP contribution in [0.15, 0.2) is 16.3 Å². The number of Topliss-reactive ketones (excluding diaryl/α,β-unsaturated/α-hetero) is 1. The molecule has 0 aromatic heterocycles. The van der Waals surface area contributed by atoms with Crippen LogP contribution in [0.1, 0.15) is 53.4 Å². The van der Waals surface area contributed by atoms with Gasteiger partial charge in [0.1, 0.15) is 5.76 Å². The van der Waals surface area contributed by atoms with Gasteiger partial charge in [-0.1, -0.05) is 27.7 Å². The highest BCUT2D eigenvalue weighted by Crippen LogP contribution is 2.36. The van der Waals surface area contributed by atoms with Crippen molar-refractivity contribution in [2.45, 2.75) is 53.4 Å². The van der Waals surface area contributed by atoms with Gasteiger partial charge < -0.3 is 5.11 Å². The first-order valence-corrected chi connectivity index (χ1v) is 6.40. The third-order valence-electron chi connectivity index (χ3n) is 3.00. The highest BCUT2D eigenvalue weighted by Gasteiger charge is 2.34. The highest BCUT2D eigenvalue weighted by molar-refractivity contribution is 6.23. The Balaban J connectivity index is 3.06. The fourth-order valence-corrected chi connectivity index (χ4v) is 2.23. The zero-order valence-electron chi connectivity index (χ0n) is 11.3. The average molecular weight is 237 g/mol. The van der Waals surface area contributed by atoms with Gasteiger partial charge in [-0.15, -0.1) is 0 Å². The highest BCUT2D eigenvalue weighted by atomic mass is 16.3. The van der Waals surface area contributed by atoms with Crippen molar-refractivity contribution < 1.29 is 9.90 Å². The van der Waals surface area contributed by atoms with E-state index in [4.69, 9.17) is 0 Å². The van der Waals surface area contributed by atoms with Crippen LogP contribution in [0.25, 0.3) is 0 Å². The predicted octanol–water partition coefficient (Wildman–Crippen LogP) is 3.45. The molecule has 0 aromatic rings. The summed E-state index contributed by atoms with van der Waals surface area (Å²) in [4.78, 5) is 16.5. The van der Waals surface area contributed by atoms with Crippen LogP contribution in [0.2, 0.25) is 0 Å². The molecule has 0 amide bonds. The molecule has 0 saturated heterocycles. The fraction of sp³-hybridized carbons (Fsp3) is 0.714. The zero-order chi connectivity index (χ0) is 13.1. The molecule has 3 heteroatoms. The van der Waals surface area contributed by atoms with Crippen LogP contribution in [0.5, 0.6) is 0 Å². The molecule has 0 spiro atoms. The maximum Gasteiger partial charge on any atom is 0.168 e. The largest absolute Gasteiger partial charge is 0.511 e. The molecule has 3 nitrogen and oxygen atoms in total. The molecule has 0 radical (unpaired) electrons. The van der Waals surface area contributed by atoms with Gasteiger partial charge in [0.2, 0.25) is 0 Å². The minimum Gasteiger partial charge on any atom is -0.511 e.